The van der Waals surface area contributed by atoms with Crippen molar-refractivity contribution in [3.8, 4) is 5.75 Å². The van der Waals surface area contributed by atoms with Crippen molar-refractivity contribution in [3.05, 3.63) is 24.3 Å². The maximum absolute atomic E-state index is 12.1. The average Bonchev–Trinajstić information content (AvgIpc) is 2.49. The smallest absolute Gasteiger partial charge is 0.225 e. The first-order valence-electron chi connectivity index (χ1n) is 7.61. The molecule has 5 heteroatoms. The van der Waals surface area contributed by atoms with Crippen molar-refractivity contribution in [1.29, 1.82) is 0 Å². The fraction of sp³-hybridized carbons (Fsp3) is 0.562. The van der Waals surface area contributed by atoms with E-state index in [4.69, 9.17) is 4.74 Å². The molecule has 1 aliphatic rings. The maximum Gasteiger partial charge on any atom is 0.225 e. The first kappa shape index (κ1) is 15.8. The number of ether oxygens (including phenoxy) is 1. The van der Waals surface area contributed by atoms with Gasteiger partial charge in [-0.05, 0) is 26.1 Å². The number of carbonyl (C=O) groups is 1. The molecule has 5 nitrogen and oxygen atoms in total. The summed E-state index contributed by atoms with van der Waals surface area (Å²) in [6.07, 6.45) is 0.518. The van der Waals surface area contributed by atoms with Gasteiger partial charge >= 0.3 is 0 Å². The molecule has 0 aliphatic carbocycles. The van der Waals surface area contributed by atoms with Crippen molar-refractivity contribution in [2.24, 2.45) is 0 Å². The van der Waals surface area contributed by atoms with Crippen LogP contribution in [-0.2, 0) is 4.79 Å². The number of para-hydroxylation sites is 2. The van der Waals surface area contributed by atoms with E-state index >= 15 is 0 Å². The van der Waals surface area contributed by atoms with Gasteiger partial charge in [0.2, 0.25) is 5.91 Å². The normalized spacial score (nSPS) is 16.7. The van der Waals surface area contributed by atoms with Gasteiger partial charge in [0.25, 0.3) is 0 Å². The Balaban J connectivity index is 1.79. The minimum atomic E-state index is 0.0427. The number of hydrogen-bond donors (Lipinski definition) is 1. The van der Waals surface area contributed by atoms with Gasteiger partial charge in [-0.25, -0.2) is 0 Å². The number of nitrogens with zero attached hydrogens (tertiary/aromatic N) is 2. The van der Waals surface area contributed by atoms with Crippen molar-refractivity contribution in [1.82, 2.24) is 9.80 Å². The molecule has 0 aromatic heterocycles. The van der Waals surface area contributed by atoms with E-state index in [1.807, 2.05) is 31.2 Å². The lowest BCUT2D eigenvalue weighted by Gasteiger charge is -2.32. The van der Waals surface area contributed by atoms with Crippen LogP contribution >= 0.6 is 0 Å². The molecule has 1 heterocycles. The van der Waals surface area contributed by atoms with Gasteiger partial charge in [0, 0.05) is 39.1 Å². The Kier molecular flexibility index (Phi) is 6.02. The van der Waals surface area contributed by atoms with Crippen LogP contribution in [0.2, 0.25) is 0 Å². The highest BCUT2D eigenvalue weighted by molar-refractivity contribution is 5.92. The highest BCUT2D eigenvalue weighted by Gasteiger charge is 2.15. The van der Waals surface area contributed by atoms with Gasteiger partial charge in [-0.3, -0.25) is 4.79 Å². The topological polar surface area (TPSA) is 44.8 Å². The predicted molar refractivity (Wildman–Crippen MR) is 84.8 cm³/mol. The molecule has 1 aliphatic heterocycles. The number of benzene rings is 1. The minimum Gasteiger partial charge on any atom is -0.492 e. The third kappa shape index (κ3) is 5.02. The molecule has 116 valence electrons. The van der Waals surface area contributed by atoms with Crippen molar-refractivity contribution in [2.75, 3.05) is 51.7 Å². The Labute approximate surface area is 126 Å². The van der Waals surface area contributed by atoms with E-state index in [-0.39, 0.29) is 5.91 Å². The zero-order chi connectivity index (χ0) is 15.1. The van der Waals surface area contributed by atoms with Crippen LogP contribution in [0.15, 0.2) is 24.3 Å². The Morgan fingerprint density at radius 2 is 1.95 bits per heavy atom. The number of hydrogen-bond acceptors (Lipinski definition) is 4. The fourth-order valence-corrected chi connectivity index (χ4v) is 2.40. The largest absolute Gasteiger partial charge is 0.492 e. The van der Waals surface area contributed by atoms with Gasteiger partial charge in [-0.15, -0.1) is 0 Å². The van der Waals surface area contributed by atoms with Crippen LogP contribution in [0.4, 0.5) is 5.69 Å². The third-order valence-electron chi connectivity index (χ3n) is 3.71. The summed E-state index contributed by atoms with van der Waals surface area (Å²) in [5, 5.41) is 2.94. The highest BCUT2D eigenvalue weighted by atomic mass is 16.5. The van der Waals surface area contributed by atoms with E-state index in [1.54, 1.807) is 0 Å². The second-order valence-electron chi connectivity index (χ2n) is 5.37. The molecule has 1 N–H and O–H groups in total. The first-order valence-corrected chi connectivity index (χ1v) is 7.61. The van der Waals surface area contributed by atoms with Gasteiger partial charge in [0.15, 0.2) is 0 Å². The molecule has 2 rings (SSSR count). The molecule has 1 saturated heterocycles. The molecule has 1 aromatic rings. The summed E-state index contributed by atoms with van der Waals surface area (Å²) in [5.74, 6) is 0.772. The highest BCUT2D eigenvalue weighted by Crippen LogP contribution is 2.23. The van der Waals surface area contributed by atoms with E-state index < -0.39 is 0 Å². The molecule has 21 heavy (non-hydrogen) atoms. The quantitative estimate of drug-likeness (QED) is 0.866. The molecule has 0 unspecified atom stereocenters. The van der Waals surface area contributed by atoms with Gasteiger partial charge < -0.3 is 19.9 Å². The van der Waals surface area contributed by atoms with Crippen LogP contribution < -0.4 is 10.1 Å². The number of likely N-dealkylation sites (N-methyl/N-ethyl adjacent to an activating group) is 1. The second kappa shape index (κ2) is 8.00. The van der Waals surface area contributed by atoms with E-state index in [0.29, 0.717) is 13.0 Å². The van der Waals surface area contributed by atoms with E-state index in [1.165, 1.54) is 0 Å². The van der Waals surface area contributed by atoms with Gasteiger partial charge in [-0.1, -0.05) is 12.1 Å². The summed E-state index contributed by atoms with van der Waals surface area (Å²) >= 11 is 0. The van der Waals surface area contributed by atoms with Crippen molar-refractivity contribution in [2.45, 2.75) is 13.3 Å². The summed E-state index contributed by atoms with van der Waals surface area (Å²) in [6.45, 7) is 7.58. The molecule has 0 saturated carbocycles. The molecule has 0 spiro atoms. The zero-order valence-electron chi connectivity index (χ0n) is 13.0. The Morgan fingerprint density at radius 3 is 2.67 bits per heavy atom. The molecule has 0 bridgehead atoms. The van der Waals surface area contributed by atoms with Crippen LogP contribution in [0.1, 0.15) is 13.3 Å². The summed E-state index contributed by atoms with van der Waals surface area (Å²) in [5.41, 5.74) is 0.753. The van der Waals surface area contributed by atoms with E-state index in [9.17, 15) is 4.79 Å². The maximum atomic E-state index is 12.1. The van der Waals surface area contributed by atoms with E-state index in [0.717, 1.165) is 44.2 Å². The summed E-state index contributed by atoms with van der Waals surface area (Å²) in [4.78, 5) is 16.7. The lowest BCUT2D eigenvalue weighted by Crippen LogP contribution is -2.45. The Hall–Kier alpha value is -1.59. The lowest BCUT2D eigenvalue weighted by molar-refractivity contribution is -0.116. The average molecular weight is 291 g/mol. The Bertz CT molecular complexity index is 457. The fourth-order valence-electron chi connectivity index (χ4n) is 2.40. The summed E-state index contributed by atoms with van der Waals surface area (Å²) in [7, 11) is 2.13. The SMILES string of the molecule is CCOc1ccccc1NC(=O)CCN1CCN(C)CC1. The molecule has 1 amide bonds. The molecule has 1 aromatic carbocycles. The van der Waals surface area contributed by atoms with Crippen molar-refractivity contribution >= 4 is 11.6 Å². The predicted octanol–water partition coefficient (Wildman–Crippen LogP) is 1.66. The van der Waals surface area contributed by atoms with Gasteiger partial charge in [-0.2, -0.15) is 0 Å². The van der Waals surface area contributed by atoms with Crippen molar-refractivity contribution < 1.29 is 9.53 Å². The summed E-state index contributed by atoms with van der Waals surface area (Å²) in [6, 6.07) is 7.56. The van der Waals surface area contributed by atoms with E-state index in [2.05, 4.69) is 22.2 Å². The van der Waals surface area contributed by atoms with Crippen LogP contribution in [0.5, 0.6) is 5.75 Å². The lowest BCUT2D eigenvalue weighted by atomic mass is 10.2. The standard InChI is InChI=1S/C16H25N3O2/c1-3-21-15-7-5-4-6-14(15)17-16(20)8-9-19-12-10-18(2)11-13-19/h4-7H,3,8-13H2,1-2H3,(H,17,20). The van der Waals surface area contributed by atoms with Crippen LogP contribution in [0.25, 0.3) is 0 Å². The van der Waals surface area contributed by atoms with Gasteiger partial charge in [0.1, 0.15) is 5.75 Å². The number of carbonyl (C=O) groups excluding carboxylic acids is 1. The monoisotopic (exact) mass is 291 g/mol. The molecular formula is C16H25N3O2. The molecular weight excluding hydrogens is 266 g/mol. The van der Waals surface area contributed by atoms with Crippen LogP contribution in [0.3, 0.4) is 0 Å². The second-order valence-corrected chi connectivity index (χ2v) is 5.37. The number of amides is 1. The van der Waals surface area contributed by atoms with Gasteiger partial charge in [0.05, 0.1) is 12.3 Å². The molecule has 0 radical (unpaired) electrons. The Morgan fingerprint density at radius 1 is 1.24 bits per heavy atom. The van der Waals surface area contributed by atoms with Crippen LogP contribution in [0, 0.1) is 0 Å². The van der Waals surface area contributed by atoms with Crippen molar-refractivity contribution in [3.63, 3.8) is 0 Å². The summed E-state index contributed by atoms with van der Waals surface area (Å²) < 4.78 is 5.51. The number of rotatable bonds is 6. The molecule has 0 atom stereocenters. The first-order chi connectivity index (χ1) is 10.2. The minimum absolute atomic E-state index is 0.0427. The molecule has 1 fully saturated rings. The number of piperazine rings is 1. The van der Waals surface area contributed by atoms with Crippen LogP contribution in [-0.4, -0.2) is 62.1 Å². The number of nitrogens with one attached hydrogen (secondary N) is 1. The zero-order valence-corrected chi connectivity index (χ0v) is 13.0. The number of anilines is 1. The third-order valence-corrected chi connectivity index (χ3v) is 3.71.